The maximum atomic E-state index is 11.9. The maximum Gasteiger partial charge on any atom is 0.231 e. The van der Waals surface area contributed by atoms with Crippen molar-refractivity contribution in [3.05, 3.63) is 47.8 Å². The number of benzene rings is 1. The summed E-state index contributed by atoms with van der Waals surface area (Å²) < 4.78 is 0. The van der Waals surface area contributed by atoms with Crippen LogP contribution in [0.2, 0.25) is 0 Å². The van der Waals surface area contributed by atoms with Crippen LogP contribution in [0.25, 0.3) is 0 Å². The van der Waals surface area contributed by atoms with Gasteiger partial charge in [0.2, 0.25) is 17.8 Å². The van der Waals surface area contributed by atoms with Gasteiger partial charge in [-0.05, 0) is 23.3 Å². The van der Waals surface area contributed by atoms with Crippen LogP contribution in [-0.2, 0) is 22.4 Å². The van der Waals surface area contributed by atoms with E-state index >= 15 is 0 Å². The number of rotatable bonds is 3. The highest BCUT2D eigenvalue weighted by Gasteiger charge is 2.24. The Bertz CT molecular complexity index is 700. The van der Waals surface area contributed by atoms with Crippen molar-refractivity contribution >= 4 is 23.5 Å². The van der Waals surface area contributed by atoms with Gasteiger partial charge in [0.15, 0.2) is 0 Å². The molecule has 0 atom stereocenters. The fraction of sp³-hybridized carbons (Fsp3) is 0.200. The molecule has 2 amide bonds. The molecule has 1 N–H and O–H groups in total. The minimum atomic E-state index is -0.182. The molecule has 0 radical (unpaired) electrons. The van der Waals surface area contributed by atoms with Crippen molar-refractivity contribution in [3.8, 4) is 0 Å². The second-order valence-corrected chi connectivity index (χ2v) is 4.89. The number of carbonyl (C=O) groups excluding carboxylic acids is 2. The molecule has 0 bridgehead atoms. The molecule has 1 aliphatic rings. The third-order valence-electron chi connectivity index (χ3n) is 3.40. The average Bonchev–Trinajstić information content (AvgIpc) is 2.74. The van der Waals surface area contributed by atoms with Crippen LogP contribution in [0, 0.1) is 0 Å². The summed E-state index contributed by atoms with van der Waals surface area (Å²) in [4.78, 5) is 33.1. The molecular formula is C15H14N4O2. The van der Waals surface area contributed by atoms with E-state index in [4.69, 9.17) is 0 Å². The van der Waals surface area contributed by atoms with E-state index in [1.807, 2.05) is 18.2 Å². The first-order valence-electron chi connectivity index (χ1n) is 6.59. The molecule has 2 aromatic rings. The maximum absolute atomic E-state index is 11.9. The summed E-state index contributed by atoms with van der Waals surface area (Å²) in [5.41, 5.74) is 2.74. The lowest BCUT2D eigenvalue weighted by molar-refractivity contribution is -0.117. The number of hydrogen-bond donors (Lipinski definition) is 1. The molecule has 0 unspecified atom stereocenters. The van der Waals surface area contributed by atoms with Gasteiger partial charge in [0.05, 0.1) is 12.8 Å². The number of nitrogens with one attached hydrogen (secondary N) is 1. The summed E-state index contributed by atoms with van der Waals surface area (Å²) in [7, 11) is 1.76. The summed E-state index contributed by atoms with van der Waals surface area (Å²) in [6.07, 6.45) is 3.76. The van der Waals surface area contributed by atoms with E-state index in [0.717, 1.165) is 16.8 Å². The van der Waals surface area contributed by atoms with Crippen molar-refractivity contribution in [3.63, 3.8) is 0 Å². The normalized spacial score (nSPS) is 13.2. The number of fused-ring (bicyclic) bond motifs is 1. The molecule has 2 heterocycles. The minimum absolute atomic E-state index is 0.0734. The Morgan fingerprint density at radius 1 is 1.33 bits per heavy atom. The van der Waals surface area contributed by atoms with Gasteiger partial charge >= 0.3 is 0 Å². The van der Waals surface area contributed by atoms with E-state index in [-0.39, 0.29) is 18.2 Å². The number of nitrogens with zero attached hydrogens (tertiary/aromatic N) is 3. The van der Waals surface area contributed by atoms with Crippen LogP contribution < -0.4 is 10.2 Å². The molecule has 1 aliphatic heterocycles. The van der Waals surface area contributed by atoms with Crippen molar-refractivity contribution in [2.24, 2.45) is 0 Å². The molecule has 3 rings (SSSR count). The smallest absolute Gasteiger partial charge is 0.231 e. The number of hydrogen-bond acceptors (Lipinski definition) is 4. The standard InChI is InChI=1S/C15H14N4O2/c1-19-12-4-3-10(7-11(12)9-14(19)21)8-13(20)18-15-16-5-2-6-17-15/h2-7H,8-9H2,1H3,(H,16,17,18,20). The van der Waals surface area contributed by atoms with Gasteiger partial charge in [-0.3, -0.25) is 14.9 Å². The lowest BCUT2D eigenvalue weighted by Crippen LogP contribution is -2.20. The van der Waals surface area contributed by atoms with E-state index in [1.165, 1.54) is 0 Å². The summed E-state index contributed by atoms with van der Waals surface area (Å²) in [5, 5.41) is 2.64. The molecule has 6 nitrogen and oxygen atoms in total. The van der Waals surface area contributed by atoms with Gasteiger partial charge < -0.3 is 4.90 Å². The summed E-state index contributed by atoms with van der Waals surface area (Å²) in [6, 6.07) is 7.33. The Labute approximate surface area is 121 Å². The number of carbonyl (C=O) groups is 2. The van der Waals surface area contributed by atoms with Crippen molar-refractivity contribution in [2.45, 2.75) is 12.8 Å². The monoisotopic (exact) mass is 282 g/mol. The molecule has 0 aliphatic carbocycles. The number of anilines is 2. The van der Waals surface area contributed by atoms with Crippen LogP contribution in [0.15, 0.2) is 36.7 Å². The first kappa shape index (κ1) is 13.2. The lowest BCUT2D eigenvalue weighted by atomic mass is 10.1. The van der Waals surface area contributed by atoms with Crippen LogP contribution in [0.1, 0.15) is 11.1 Å². The summed E-state index contributed by atoms with van der Waals surface area (Å²) in [5.74, 6) is 0.182. The van der Waals surface area contributed by atoms with Gasteiger partial charge in [-0.25, -0.2) is 9.97 Å². The van der Waals surface area contributed by atoms with Gasteiger partial charge in [0.1, 0.15) is 0 Å². The number of aromatic nitrogens is 2. The lowest BCUT2D eigenvalue weighted by Gasteiger charge is -2.10. The van der Waals surface area contributed by atoms with Crippen LogP contribution in [0.5, 0.6) is 0 Å². The predicted octanol–water partition coefficient (Wildman–Crippen LogP) is 1.18. The van der Waals surface area contributed by atoms with E-state index in [0.29, 0.717) is 12.4 Å². The molecule has 0 fully saturated rings. The van der Waals surface area contributed by atoms with Gasteiger partial charge in [-0.1, -0.05) is 12.1 Å². The first-order valence-corrected chi connectivity index (χ1v) is 6.59. The van der Waals surface area contributed by atoms with Gasteiger partial charge in [0.25, 0.3) is 0 Å². The first-order chi connectivity index (χ1) is 10.1. The molecule has 0 spiro atoms. The summed E-state index contributed by atoms with van der Waals surface area (Å²) >= 11 is 0. The highest BCUT2D eigenvalue weighted by atomic mass is 16.2. The molecule has 106 valence electrons. The Morgan fingerprint density at radius 3 is 2.86 bits per heavy atom. The molecule has 0 saturated carbocycles. The molecule has 0 saturated heterocycles. The third kappa shape index (κ3) is 2.74. The van der Waals surface area contributed by atoms with E-state index in [1.54, 1.807) is 30.4 Å². The quantitative estimate of drug-likeness (QED) is 0.917. The minimum Gasteiger partial charge on any atom is -0.315 e. The molecule has 1 aromatic carbocycles. The van der Waals surface area contributed by atoms with Crippen LogP contribution in [-0.4, -0.2) is 28.8 Å². The topological polar surface area (TPSA) is 75.2 Å². The van der Waals surface area contributed by atoms with Gasteiger partial charge in [0, 0.05) is 25.1 Å². The van der Waals surface area contributed by atoms with E-state index in [2.05, 4.69) is 15.3 Å². The Morgan fingerprint density at radius 2 is 2.10 bits per heavy atom. The summed E-state index contributed by atoms with van der Waals surface area (Å²) in [6.45, 7) is 0. The fourth-order valence-corrected chi connectivity index (χ4v) is 2.35. The SMILES string of the molecule is CN1C(=O)Cc2cc(CC(=O)Nc3ncccn3)ccc21. The Balaban J connectivity index is 1.70. The zero-order chi connectivity index (χ0) is 14.8. The van der Waals surface area contributed by atoms with E-state index < -0.39 is 0 Å². The average molecular weight is 282 g/mol. The van der Waals surface area contributed by atoms with Crippen molar-refractivity contribution in [1.29, 1.82) is 0 Å². The highest BCUT2D eigenvalue weighted by molar-refractivity contribution is 6.01. The van der Waals surface area contributed by atoms with Gasteiger partial charge in [-0.2, -0.15) is 0 Å². The molecule has 21 heavy (non-hydrogen) atoms. The zero-order valence-corrected chi connectivity index (χ0v) is 11.5. The Kier molecular flexibility index (Phi) is 3.35. The second-order valence-electron chi connectivity index (χ2n) is 4.89. The van der Waals surface area contributed by atoms with Crippen molar-refractivity contribution in [2.75, 3.05) is 17.3 Å². The van der Waals surface area contributed by atoms with Crippen LogP contribution >= 0.6 is 0 Å². The number of likely N-dealkylation sites (N-methyl/N-ethyl adjacent to an activating group) is 1. The molecular weight excluding hydrogens is 268 g/mol. The second kappa shape index (κ2) is 5.32. The highest BCUT2D eigenvalue weighted by Crippen LogP contribution is 2.28. The largest absolute Gasteiger partial charge is 0.315 e. The fourth-order valence-electron chi connectivity index (χ4n) is 2.35. The van der Waals surface area contributed by atoms with E-state index in [9.17, 15) is 9.59 Å². The van der Waals surface area contributed by atoms with Crippen molar-refractivity contribution in [1.82, 2.24) is 9.97 Å². The number of amides is 2. The zero-order valence-electron chi connectivity index (χ0n) is 11.5. The molecule has 1 aromatic heterocycles. The predicted molar refractivity (Wildman–Crippen MR) is 77.9 cm³/mol. The molecule has 6 heteroatoms. The van der Waals surface area contributed by atoms with Crippen LogP contribution in [0.4, 0.5) is 11.6 Å². The Hall–Kier alpha value is -2.76. The van der Waals surface area contributed by atoms with Gasteiger partial charge in [-0.15, -0.1) is 0 Å². The third-order valence-corrected chi connectivity index (χ3v) is 3.40. The van der Waals surface area contributed by atoms with Crippen LogP contribution in [0.3, 0.4) is 0 Å². The van der Waals surface area contributed by atoms with Crippen molar-refractivity contribution < 1.29 is 9.59 Å².